The number of ether oxygens (including phenoxy) is 1. The molecule has 0 aliphatic heterocycles. The molecule has 1 amide bonds. The van der Waals surface area contributed by atoms with Gasteiger partial charge in [-0.05, 0) is 90.5 Å². The molecule has 0 saturated heterocycles. The second-order valence-electron chi connectivity index (χ2n) is 8.98. The molecule has 1 aromatic rings. The zero-order chi connectivity index (χ0) is 21.5. The van der Waals surface area contributed by atoms with Gasteiger partial charge in [0.1, 0.15) is 0 Å². The van der Waals surface area contributed by atoms with E-state index < -0.39 is 0 Å². The molecule has 0 aromatic carbocycles. The molecule has 0 bridgehead atoms. The smallest absolute Gasteiger partial charge is 0.339 e. The summed E-state index contributed by atoms with van der Waals surface area (Å²) in [6, 6.07) is 1.94. The number of aromatic nitrogens is 1. The summed E-state index contributed by atoms with van der Waals surface area (Å²) in [7, 11) is 0. The van der Waals surface area contributed by atoms with Crippen molar-refractivity contribution in [2.45, 2.75) is 85.1 Å². The summed E-state index contributed by atoms with van der Waals surface area (Å²) in [5.74, 6) is 0.717. The standard InChI is InChI=1S/C25H38N2O3/c1-4-30-25(29)23-16-18(2)27(19(23)3)17-21-10-12-22(13-11-21)24(28)26-15-14-20-8-6-5-7-9-20/h8,16,21-22H,4-7,9-15,17H2,1-3H3,(H,26,28). The second-order valence-corrected chi connectivity index (χ2v) is 8.98. The molecule has 1 aromatic heterocycles. The Hall–Kier alpha value is -2.04. The van der Waals surface area contributed by atoms with Crippen LogP contribution in [0.15, 0.2) is 17.7 Å². The predicted octanol–water partition coefficient (Wildman–Crippen LogP) is 5.09. The molecular formula is C25H38N2O3. The van der Waals surface area contributed by atoms with E-state index in [0.717, 1.165) is 56.6 Å². The first-order valence-electron chi connectivity index (χ1n) is 11.8. The molecular weight excluding hydrogens is 376 g/mol. The van der Waals surface area contributed by atoms with E-state index in [4.69, 9.17) is 4.74 Å². The fraction of sp³-hybridized carbons (Fsp3) is 0.680. The first kappa shape index (κ1) is 22.6. The molecule has 1 N–H and O–H groups in total. The SMILES string of the molecule is CCOC(=O)c1cc(C)n(CC2CCC(C(=O)NCCC3=CCCCC3)CC2)c1C. The summed E-state index contributed by atoms with van der Waals surface area (Å²) in [5.41, 5.74) is 4.29. The summed E-state index contributed by atoms with van der Waals surface area (Å²) in [4.78, 5) is 24.7. The Balaban J connectivity index is 1.45. The van der Waals surface area contributed by atoms with Crippen LogP contribution in [0.25, 0.3) is 0 Å². The van der Waals surface area contributed by atoms with Crippen LogP contribution >= 0.6 is 0 Å². The van der Waals surface area contributed by atoms with Crippen molar-refractivity contribution in [3.8, 4) is 0 Å². The molecule has 166 valence electrons. The van der Waals surface area contributed by atoms with E-state index in [1.807, 2.05) is 19.9 Å². The molecule has 5 nitrogen and oxygen atoms in total. The molecule has 3 rings (SSSR count). The fourth-order valence-corrected chi connectivity index (χ4v) is 4.99. The lowest BCUT2D eigenvalue weighted by Crippen LogP contribution is -2.34. The maximum atomic E-state index is 12.6. The molecule has 0 radical (unpaired) electrons. The van der Waals surface area contributed by atoms with Gasteiger partial charge in [-0.2, -0.15) is 0 Å². The van der Waals surface area contributed by atoms with Crippen LogP contribution in [-0.2, 0) is 16.1 Å². The average molecular weight is 415 g/mol. The van der Waals surface area contributed by atoms with E-state index >= 15 is 0 Å². The number of carbonyl (C=O) groups is 2. The quantitative estimate of drug-likeness (QED) is 0.476. The number of rotatable bonds is 8. The third kappa shape index (κ3) is 5.77. The van der Waals surface area contributed by atoms with Crippen LogP contribution in [0.3, 0.4) is 0 Å². The average Bonchev–Trinajstić information content (AvgIpc) is 3.03. The molecule has 1 heterocycles. The number of allylic oxidation sites excluding steroid dienone is 1. The number of aryl methyl sites for hydroxylation is 1. The van der Waals surface area contributed by atoms with Crippen molar-refractivity contribution in [2.24, 2.45) is 11.8 Å². The monoisotopic (exact) mass is 414 g/mol. The third-order valence-electron chi connectivity index (χ3n) is 6.86. The van der Waals surface area contributed by atoms with Crippen molar-refractivity contribution in [1.29, 1.82) is 0 Å². The molecule has 1 fully saturated rings. The minimum Gasteiger partial charge on any atom is -0.462 e. The first-order valence-corrected chi connectivity index (χ1v) is 11.8. The van der Waals surface area contributed by atoms with E-state index in [1.54, 1.807) is 0 Å². The summed E-state index contributed by atoms with van der Waals surface area (Å²) in [6.07, 6.45) is 12.4. The van der Waals surface area contributed by atoms with Crippen LogP contribution in [-0.4, -0.2) is 29.6 Å². The van der Waals surface area contributed by atoms with Gasteiger partial charge in [-0.1, -0.05) is 11.6 Å². The number of hydrogen-bond acceptors (Lipinski definition) is 3. The van der Waals surface area contributed by atoms with Gasteiger partial charge in [0.2, 0.25) is 5.91 Å². The van der Waals surface area contributed by atoms with Gasteiger partial charge in [0.05, 0.1) is 12.2 Å². The second kappa shape index (κ2) is 10.8. The van der Waals surface area contributed by atoms with Gasteiger partial charge in [-0.3, -0.25) is 4.79 Å². The minimum absolute atomic E-state index is 0.156. The number of hydrogen-bond donors (Lipinski definition) is 1. The van der Waals surface area contributed by atoms with Gasteiger partial charge in [0.15, 0.2) is 0 Å². The van der Waals surface area contributed by atoms with Gasteiger partial charge < -0.3 is 14.6 Å². The highest BCUT2D eigenvalue weighted by molar-refractivity contribution is 5.91. The van der Waals surface area contributed by atoms with Crippen molar-refractivity contribution in [2.75, 3.05) is 13.2 Å². The summed E-state index contributed by atoms with van der Waals surface area (Å²) >= 11 is 0. The van der Waals surface area contributed by atoms with Crippen LogP contribution < -0.4 is 5.32 Å². The first-order chi connectivity index (χ1) is 14.5. The molecule has 5 heteroatoms. The number of nitrogens with one attached hydrogen (secondary N) is 1. The van der Waals surface area contributed by atoms with E-state index in [-0.39, 0.29) is 17.8 Å². The van der Waals surface area contributed by atoms with Crippen molar-refractivity contribution in [1.82, 2.24) is 9.88 Å². The molecule has 0 atom stereocenters. The van der Waals surface area contributed by atoms with E-state index in [0.29, 0.717) is 18.1 Å². The number of esters is 1. The molecule has 0 unspecified atom stereocenters. The number of carbonyl (C=O) groups excluding carboxylic acids is 2. The van der Waals surface area contributed by atoms with Crippen LogP contribution in [0.4, 0.5) is 0 Å². The van der Waals surface area contributed by atoms with Crippen molar-refractivity contribution >= 4 is 11.9 Å². The Morgan fingerprint density at radius 1 is 1.17 bits per heavy atom. The van der Waals surface area contributed by atoms with Gasteiger partial charge in [-0.25, -0.2) is 4.79 Å². The zero-order valence-corrected chi connectivity index (χ0v) is 19.0. The molecule has 2 aliphatic carbocycles. The van der Waals surface area contributed by atoms with Crippen LogP contribution in [0.2, 0.25) is 0 Å². The van der Waals surface area contributed by atoms with Crippen LogP contribution in [0.5, 0.6) is 0 Å². The molecule has 2 aliphatic rings. The molecule has 30 heavy (non-hydrogen) atoms. The Morgan fingerprint density at radius 3 is 2.60 bits per heavy atom. The Bertz CT molecular complexity index is 770. The van der Waals surface area contributed by atoms with Crippen molar-refractivity contribution in [3.63, 3.8) is 0 Å². The van der Waals surface area contributed by atoms with Gasteiger partial charge in [0, 0.05) is 30.4 Å². The third-order valence-corrected chi connectivity index (χ3v) is 6.86. The lowest BCUT2D eigenvalue weighted by Gasteiger charge is -2.29. The maximum absolute atomic E-state index is 12.6. The highest BCUT2D eigenvalue weighted by atomic mass is 16.5. The number of amides is 1. The molecule has 0 spiro atoms. The largest absolute Gasteiger partial charge is 0.462 e. The Kier molecular flexibility index (Phi) is 8.17. The van der Waals surface area contributed by atoms with Crippen molar-refractivity contribution < 1.29 is 14.3 Å². The predicted molar refractivity (Wildman–Crippen MR) is 119 cm³/mol. The highest BCUT2D eigenvalue weighted by Gasteiger charge is 2.27. The van der Waals surface area contributed by atoms with E-state index in [2.05, 4.69) is 22.9 Å². The Morgan fingerprint density at radius 2 is 1.93 bits per heavy atom. The van der Waals surface area contributed by atoms with Crippen LogP contribution in [0.1, 0.15) is 86.5 Å². The van der Waals surface area contributed by atoms with E-state index in [1.165, 1.54) is 31.3 Å². The summed E-state index contributed by atoms with van der Waals surface area (Å²) in [5, 5.41) is 3.17. The van der Waals surface area contributed by atoms with Gasteiger partial charge in [-0.15, -0.1) is 0 Å². The summed E-state index contributed by atoms with van der Waals surface area (Å²) in [6.45, 7) is 7.98. The fourth-order valence-electron chi connectivity index (χ4n) is 4.99. The number of nitrogens with zero attached hydrogens (tertiary/aromatic N) is 1. The summed E-state index contributed by atoms with van der Waals surface area (Å²) < 4.78 is 7.42. The minimum atomic E-state index is -0.235. The van der Waals surface area contributed by atoms with Crippen LogP contribution in [0, 0.1) is 25.7 Å². The van der Waals surface area contributed by atoms with Gasteiger partial charge >= 0.3 is 5.97 Å². The Labute approximate surface area is 181 Å². The maximum Gasteiger partial charge on any atom is 0.339 e. The lowest BCUT2D eigenvalue weighted by atomic mass is 9.81. The molecule has 1 saturated carbocycles. The highest BCUT2D eigenvalue weighted by Crippen LogP contribution is 2.31. The lowest BCUT2D eigenvalue weighted by molar-refractivity contribution is -0.126. The van der Waals surface area contributed by atoms with E-state index in [9.17, 15) is 9.59 Å². The zero-order valence-electron chi connectivity index (χ0n) is 19.0. The van der Waals surface area contributed by atoms with Gasteiger partial charge in [0.25, 0.3) is 0 Å². The van der Waals surface area contributed by atoms with Crippen molar-refractivity contribution in [3.05, 3.63) is 34.7 Å². The topological polar surface area (TPSA) is 60.3 Å². The normalized spacial score (nSPS) is 21.8.